The van der Waals surface area contributed by atoms with Crippen molar-refractivity contribution in [1.82, 2.24) is 10.1 Å². The summed E-state index contributed by atoms with van der Waals surface area (Å²) in [6.45, 7) is 3.76. The average Bonchev–Trinajstić information content (AvgIpc) is 2.81. The first-order valence-corrected chi connectivity index (χ1v) is 11.8. The number of carbonyl (C=O) groups excluding carboxylic acids is 1. The van der Waals surface area contributed by atoms with Crippen LogP contribution in [0.25, 0.3) is 11.3 Å². The second kappa shape index (κ2) is 9.44. The Balaban J connectivity index is 2.13. The zero-order valence-corrected chi connectivity index (χ0v) is 20.3. The highest BCUT2D eigenvalue weighted by molar-refractivity contribution is 7.99. The van der Waals surface area contributed by atoms with E-state index in [9.17, 15) is 9.59 Å². The van der Waals surface area contributed by atoms with Crippen molar-refractivity contribution in [3.8, 4) is 22.8 Å². The topological polar surface area (TPSA) is 88.4 Å². The second-order valence-electron chi connectivity index (χ2n) is 7.22. The van der Waals surface area contributed by atoms with Crippen LogP contribution in [-0.2, 0) is 4.79 Å². The van der Waals surface area contributed by atoms with Crippen molar-refractivity contribution in [2.24, 2.45) is 0 Å². The van der Waals surface area contributed by atoms with Gasteiger partial charge in [-0.15, -0.1) is 0 Å². The number of methoxy groups -OCH3 is 2. The molecule has 4 rings (SSSR count). The molecular weight excluding hydrogens is 464 g/mol. The SMILES string of the molecule is CCSc1n[n+]2c(c(=O)[nH]1)-c1ccccc1N(C(=O)CC)[C@H]2c1cc(Cl)cc(OC)c1OC. The van der Waals surface area contributed by atoms with Crippen molar-refractivity contribution < 1.29 is 19.0 Å². The summed E-state index contributed by atoms with van der Waals surface area (Å²) < 4.78 is 12.8. The smallest absolute Gasteiger partial charge is 0.325 e. The van der Waals surface area contributed by atoms with Gasteiger partial charge in [0.2, 0.25) is 11.1 Å². The maximum Gasteiger partial charge on any atom is 0.325 e. The number of halogens is 1. The van der Waals surface area contributed by atoms with Crippen LogP contribution in [0, 0.1) is 0 Å². The molecule has 8 nitrogen and oxygen atoms in total. The lowest BCUT2D eigenvalue weighted by atomic mass is 10.00. The number of para-hydroxylation sites is 1. The molecular formula is C23H24ClN4O4S+. The lowest BCUT2D eigenvalue weighted by Gasteiger charge is -2.32. The van der Waals surface area contributed by atoms with Crippen LogP contribution < -0.4 is 24.6 Å². The molecule has 3 aromatic rings. The van der Waals surface area contributed by atoms with E-state index in [-0.39, 0.29) is 17.9 Å². The van der Waals surface area contributed by atoms with E-state index in [0.717, 1.165) is 5.75 Å². The fourth-order valence-corrected chi connectivity index (χ4v) is 4.85. The van der Waals surface area contributed by atoms with Crippen LogP contribution >= 0.6 is 23.4 Å². The second-order valence-corrected chi connectivity index (χ2v) is 8.91. The largest absolute Gasteiger partial charge is 0.493 e. The van der Waals surface area contributed by atoms with Gasteiger partial charge in [-0.25, -0.2) is 4.90 Å². The summed E-state index contributed by atoms with van der Waals surface area (Å²) in [7, 11) is 3.04. The Labute approximate surface area is 200 Å². The normalized spacial score (nSPS) is 14.5. The summed E-state index contributed by atoms with van der Waals surface area (Å²) in [5.41, 5.74) is 1.82. The first-order valence-electron chi connectivity index (χ1n) is 10.5. The van der Waals surface area contributed by atoms with Crippen molar-refractivity contribution in [1.29, 1.82) is 0 Å². The summed E-state index contributed by atoms with van der Waals surface area (Å²) in [4.78, 5) is 31.1. The molecule has 0 radical (unpaired) electrons. The molecule has 2 heterocycles. The van der Waals surface area contributed by atoms with Crippen molar-refractivity contribution in [2.45, 2.75) is 31.6 Å². The number of thioether (sulfide) groups is 1. The number of anilines is 1. The molecule has 172 valence electrons. The lowest BCUT2D eigenvalue weighted by Crippen LogP contribution is -2.61. The number of nitrogens with one attached hydrogen (secondary N) is 1. The van der Waals surface area contributed by atoms with E-state index < -0.39 is 6.17 Å². The van der Waals surface area contributed by atoms with Crippen LogP contribution in [0.3, 0.4) is 0 Å². The minimum Gasteiger partial charge on any atom is -0.493 e. The number of ether oxygens (including phenoxy) is 2. The van der Waals surface area contributed by atoms with Gasteiger partial charge in [-0.05, 0) is 28.6 Å². The Bertz CT molecular complexity index is 1280. The van der Waals surface area contributed by atoms with Crippen molar-refractivity contribution in [3.63, 3.8) is 0 Å². The van der Waals surface area contributed by atoms with Crippen molar-refractivity contribution in [2.75, 3.05) is 24.9 Å². The molecule has 1 N–H and O–H groups in total. The average molecular weight is 488 g/mol. The highest BCUT2D eigenvalue weighted by atomic mass is 35.5. The molecule has 0 spiro atoms. The van der Waals surface area contributed by atoms with E-state index >= 15 is 0 Å². The van der Waals surface area contributed by atoms with E-state index in [2.05, 4.69) is 4.98 Å². The standard InChI is InChI=1S/C23H23ClN4O4S/c1-5-18(29)27-16-10-8-7-9-14(16)19-21(30)25-23(33-6-2)26-28(19)22(27)15-11-13(24)12-17(31-3)20(15)32-4/h7-12,22H,5-6H2,1-4H3/p+1/t22-/m1/s1. The van der Waals surface area contributed by atoms with Gasteiger partial charge in [0.05, 0.1) is 31.0 Å². The van der Waals surface area contributed by atoms with Crippen LogP contribution in [0.1, 0.15) is 32.0 Å². The Morgan fingerprint density at radius 1 is 1.24 bits per heavy atom. The molecule has 1 amide bonds. The highest BCUT2D eigenvalue weighted by Crippen LogP contribution is 2.43. The first kappa shape index (κ1) is 23.1. The van der Waals surface area contributed by atoms with Gasteiger partial charge in [-0.1, -0.05) is 49.3 Å². The first-order chi connectivity index (χ1) is 15.9. The summed E-state index contributed by atoms with van der Waals surface area (Å²) >= 11 is 7.84. The summed E-state index contributed by atoms with van der Waals surface area (Å²) in [6, 6.07) is 10.6. The number of H-pyrrole nitrogens is 1. The molecule has 1 aliphatic rings. The van der Waals surface area contributed by atoms with E-state index in [1.54, 1.807) is 28.6 Å². The molecule has 0 bridgehead atoms. The number of fused-ring (bicyclic) bond motifs is 3. The molecule has 2 aromatic carbocycles. The van der Waals surface area contributed by atoms with Crippen molar-refractivity contribution in [3.05, 3.63) is 57.3 Å². The zero-order valence-electron chi connectivity index (χ0n) is 18.7. The van der Waals surface area contributed by atoms with Gasteiger partial charge in [-0.2, -0.15) is 0 Å². The predicted octanol–water partition coefficient (Wildman–Crippen LogP) is 3.81. The van der Waals surface area contributed by atoms with Crippen LogP contribution in [0.2, 0.25) is 5.02 Å². The number of aromatic amines is 1. The van der Waals surface area contributed by atoms with Gasteiger partial charge in [0.1, 0.15) is 0 Å². The van der Waals surface area contributed by atoms with Gasteiger partial charge < -0.3 is 9.47 Å². The van der Waals surface area contributed by atoms with E-state index in [1.165, 1.54) is 26.0 Å². The van der Waals surface area contributed by atoms with Crippen LogP contribution in [0.15, 0.2) is 46.3 Å². The molecule has 0 saturated carbocycles. The zero-order chi connectivity index (χ0) is 23.7. The number of hydrogen-bond acceptors (Lipinski definition) is 6. The minimum atomic E-state index is -0.816. The highest BCUT2D eigenvalue weighted by Gasteiger charge is 2.47. The minimum absolute atomic E-state index is 0.140. The fourth-order valence-electron chi connectivity index (χ4n) is 4.05. The number of hydrogen-bond donors (Lipinski definition) is 1. The third kappa shape index (κ3) is 3.95. The Morgan fingerprint density at radius 3 is 2.67 bits per heavy atom. The maximum atomic E-state index is 13.3. The summed E-state index contributed by atoms with van der Waals surface area (Å²) in [5, 5.41) is 5.59. The Morgan fingerprint density at radius 2 is 2.00 bits per heavy atom. The van der Waals surface area contributed by atoms with E-state index in [4.69, 9.17) is 26.2 Å². The van der Waals surface area contributed by atoms with E-state index in [1.807, 2.05) is 31.2 Å². The van der Waals surface area contributed by atoms with Gasteiger partial charge in [-0.3, -0.25) is 14.6 Å². The van der Waals surface area contributed by atoms with Gasteiger partial charge in [0, 0.05) is 22.6 Å². The number of nitrogens with zero attached hydrogens (tertiary/aromatic N) is 3. The molecule has 0 fully saturated rings. The molecule has 1 aliphatic heterocycles. The molecule has 0 unspecified atom stereocenters. The maximum absolute atomic E-state index is 13.3. The molecule has 33 heavy (non-hydrogen) atoms. The number of benzene rings is 2. The molecule has 0 aliphatic carbocycles. The van der Waals surface area contributed by atoms with Gasteiger partial charge in [0.15, 0.2) is 11.5 Å². The van der Waals surface area contributed by atoms with Crippen LogP contribution in [0.5, 0.6) is 11.5 Å². The molecule has 1 aromatic heterocycles. The monoisotopic (exact) mass is 487 g/mol. The third-order valence-electron chi connectivity index (χ3n) is 5.36. The van der Waals surface area contributed by atoms with Gasteiger partial charge >= 0.3 is 11.3 Å². The number of rotatable bonds is 6. The number of amides is 1. The summed E-state index contributed by atoms with van der Waals surface area (Å²) in [6.07, 6.45) is -0.566. The molecule has 1 atom stereocenters. The van der Waals surface area contributed by atoms with E-state index in [0.29, 0.717) is 44.2 Å². The molecule has 10 heteroatoms. The number of aromatic nitrogens is 3. The van der Waals surface area contributed by atoms with Crippen LogP contribution in [-0.4, -0.2) is 36.0 Å². The van der Waals surface area contributed by atoms with Crippen LogP contribution in [0.4, 0.5) is 5.69 Å². The van der Waals surface area contributed by atoms with Crippen molar-refractivity contribution >= 4 is 35.0 Å². The Hall–Kier alpha value is -3.04. The quantitative estimate of drug-likeness (QED) is 0.420. The lowest BCUT2D eigenvalue weighted by molar-refractivity contribution is -0.763. The molecule has 0 saturated heterocycles. The summed E-state index contributed by atoms with van der Waals surface area (Å²) in [5.74, 6) is 1.40. The predicted molar refractivity (Wildman–Crippen MR) is 127 cm³/mol. The number of carbonyl (C=O) groups is 1. The third-order valence-corrected chi connectivity index (χ3v) is 6.32. The fraction of sp³-hybridized carbons (Fsp3) is 0.304. The van der Waals surface area contributed by atoms with Gasteiger partial charge in [0.25, 0.3) is 6.17 Å². The Kier molecular flexibility index (Phi) is 6.62.